The Bertz CT molecular complexity index is 493. The molecule has 2 atom stereocenters. The average molecular weight is 323 g/mol. The van der Waals surface area contributed by atoms with Gasteiger partial charge in [0.15, 0.2) is 5.96 Å². The molecule has 0 bridgehead atoms. The van der Waals surface area contributed by atoms with E-state index in [1.807, 2.05) is 18.4 Å². The lowest BCUT2D eigenvalue weighted by molar-refractivity contribution is 0.247. The molecule has 1 aromatic heterocycles. The number of thiophene rings is 1. The van der Waals surface area contributed by atoms with Gasteiger partial charge in [-0.25, -0.2) is 0 Å². The van der Waals surface area contributed by atoms with Gasteiger partial charge in [-0.2, -0.15) is 0 Å². The number of hydrogen-bond acceptors (Lipinski definition) is 3. The fourth-order valence-corrected chi connectivity index (χ4v) is 3.62. The van der Waals surface area contributed by atoms with E-state index in [0.29, 0.717) is 12.1 Å². The van der Waals surface area contributed by atoms with Gasteiger partial charge in [-0.1, -0.05) is 0 Å². The van der Waals surface area contributed by atoms with Crippen molar-refractivity contribution >= 4 is 17.3 Å². The van der Waals surface area contributed by atoms with Crippen LogP contribution in [0.3, 0.4) is 0 Å². The first-order valence-corrected chi connectivity index (χ1v) is 9.05. The van der Waals surface area contributed by atoms with Crippen molar-refractivity contribution in [3.05, 3.63) is 21.9 Å². The van der Waals surface area contributed by atoms with E-state index in [-0.39, 0.29) is 0 Å². The standard InChI is InChI=1S/C17H30N4S/c1-12(10-16-9-6-14(3)22-16)20-17(18-4)19-11-13(2)21(5)15-7-8-15/h6,9,12-13,15H,7-8,10-11H2,1-5H3,(H2,18,19,20). The number of aliphatic imine (C=N–C) groups is 1. The highest BCUT2D eigenvalue weighted by Crippen LogP contribution is 2.26. The molecule has 1 aliphatic rings. The third-order valence-electron chi connectivity index (χ3n) is 4.29. The summed E-state index contributed by atoms with van der Waals surface area (Å²) in [5.74, 6) is 0.900. The van der Waals surface area contributed by atoms with Gasteiger partial charge in [0.1, 0.15) is 0 Å². The van der Waals surface area contributed by atoms with Crippen LogP contribution < -0.4 is 10.6 Å². The summed E-state index contributed by atoms with van der Waals surface area (Å²) in [5, 5.41) is 6.95. The minimum Gasteiger partial charge on any atom is -0.355 e. The molecule has 1 aromatic rings. The first-order valence-electron chi connectivity index (χ1n) is 8.24. The highest BCUT2D eigenvalue weighted by atomic mass is 32.1. The maximum atomic E-state index is 4.35. The Morgan fingerprint density at radius 2 is 2.14 bits per heavy atom. The van der Waals surface area contributed by atoms with Gasteiger partial charge in [0.05, 0.1) is 0 Å². The van der Waals surface area contributed by atoms with Crippen LogP contribution >= 0.6 is 11.3 Å². The van der Waals surface area contributed by atoms with Crippen LogP contribution in [-0.4, -0.2) is 49.6 Å². The largest absolute Gasteiger partial charge is 0.355 e. The minimum atomic E-state index is 0.376. The van der Waals surface area contributed by atoms with Crippen LogP contribution in [0.1, 0.15) is 36.4 Å². The summed E-state index contributed by atoms with van der Waals surface area (Å²) in [6.07, 6.45) is 3.74. The Morgan fingerprint density at radius 3 is 2.68 bits per heavy atom. The molecule has 0 aliphatic heterocycles. The van der Waals surface area contributed by atoms with Crippen molar-refractivity contribution in [3.63, 3.8) is 0 Å². The predicted molar refractivity (Wildman–Crippen MR) is 97.0 cm³/mol. The van der Waals surface area contributed by atoms with Crippen molar-refractivity contribution in [1.82, 2.24) is 15.5 Å². The summed E-state index contributed by atoms with van der Waals surface area (Å²) in [4.78, 5) is 9.62. The molecule has 0 amide bonds. The highest BCUT2D eigenvalue weighted by molar-refractivity contribution is 7.11. The molecule has 1 saturated carbocycles. The summed E-state index contributed by atoms with van der Waals surface area (Å²) < 4.78 is 0. The van der Waals surface area contributed by atoms with Crippen molar-refractivity contribution in [2.45, 2.75) is 58.2 Å². The van der Waals surface area contributed by atoms with Crippen molar-refractivity contribution < 1.29 is 0 Å². The van der Waals surface area contributed by atoms with Crippen LogP contribution in [0.15, 0.2) is 17.1 Å². The third kappa shape index (κ3) is 5.29. The van der Waals surface area contributed by atoms with Crippen LogP contribution in [0, 0.1) is 6.92 Å². The van der Waals surface area contributed by atoms with Gasteiger partial charge in [-0.15, -0.1) is 11.3 Å². The number of hydrogen-bond donors (Lipinski definition) is 2. The Labute approximate surface area is 139 Å². The van der Waals surface area contributed by atoms with E-state index in [0.717, 1.165) is 25.0 Å². The van der Waals surface area contributed by atoms with Crippen molar-refractivity contribution in [1.29, 1.82) is 0 Å². The molecule has 2 rings (SSSR count). The van der Waals surface area contributed by atoms with E-state index in [4.69, 9.17) is 0 Å². The predicted octanol–water partition coefficient (Wildman–Crippen LogP) is 2.64. The van der Waals surface area contributed by atoms with Crippen molar-refractivity contribution in [3.8, 4) is 0 Å². The summed E-state index contributed by atoms with van der Waals surface area (Å²) in [5.41, 5.74) is 0. The zero-order valence-corrected chi connectivity index (χ0v) is 15.3. The second-order valence-corrected chi connectivity index (χ2v) is 7.83. The highest BCUT2D eigenvalue weighted by Gasteiger charge is 2.29. The van der Waals surface area contributed by atoms with Gasteiger partial charge in [0, 0.05) is 47.9 Å². The van der Waals surface area contributed by atoms with Gasteiger partial charge in [-0.05, 0) is 52.8 Å². The molecule has 0 radical (unpaired) electrons. The molecule has 2 N–H and O–H groups in total. The normalized spacial score (nSPS) is 18.4. The first kappa shape index (κ1) is 17.3. The molecule has 1 heterocycles. The molecule has 0 saturated heterocycles. The van der Waals surface area contributed by atoms with E-state index in [1.54, 1.807) is 0 Å². The molecule has 5 heteroatoms. The van der Waals surface area contributed by atoms with Crippen LogP contribution in [-0.2, 0) is 6.42 Å². The van der Waals surface area contributed by atoms with Crippen LogP contribution in [0.2, 0.25) is 0 Å². The monoisotopic (exact) mass is 322 g/mol. The smallest absolute Gasteiger partial charge is 0.191 e. The molecular formula is C17H30N4S. The topological polar surface area (TPSA) is 39.7 Å². The zero-order valence-electron chi connectivity index (χ0n) is 14.5. The maximum absolute atomic E-state index is 4.35. The quantitative estimate of drug-likeness (QED) is 0.599. The van der Waals surface area contributed by atoms with Crippen LogP contribution in [0.5, 0.6) is 0 Å². The van der Waals surface area contributed by atoms with E-state index in [1.165, 1.54) is 22.6 Å². The second kappa shape index (κ2) is 7.97. The fourth-order valence-electron chi connectivity index (χ4n) is 2.61. The molecule has 0 aromatic carbocycles. The first-order chi connectivity index (χ1) is 10.5. The van der Waals surface area contributed by atoms with E-state index in [9.17, 15) is 0 Å². The maximum Gasteiger partial charge on any atom is 0.191 e. The number of nitrogens with one attached hydrogen (secondary N) is 2. The van der Waals surface area contributed by atoms with Crippen molar-refractivity contribution in [2.75, 3.05) is 20.6 Å². The van der Waals surface area contributed by atoms with Gasteiger partial charge in [0.2, 0.25) is 0 Å². The average Bonchev–Trinajstić information content (AvgIpc) is 3.26. The van der Waals surface area contributed by atoms with Crippen LogP contribution in [0.4, 0.5) is 0 Å². The zero-order chi connectivity index (χ0) is 16.1. The minimum absolute atomic E-state index is 0.376. The summed E-state index contributed by atoms with van der Waals surface area (Å²) in [6.45, 7) is 7.57. The van der Waals surface area contributed by atoms with E-state index >= 15 is 0 Å². The Kier molecular flexibility index (Phi) is 6.26. The molecule has 22 heavy (non-hydrogen) atoms. The molecule has 4 nitrogen and oxygen atoms in total. The van der Waals surface area contributed by atoms with Gasteiger partial charge in [0.25, 0.3) is 0 Å². The van der Waals surface area contributed by atoms with Crippen LogP contribution in [0.25, 0.3) is 0 Å². The lowest BCUT2D eigenvalue weighted by atomic mass is 10.2. The third-order valence-corrected chi connectivity index (χ3v) is 5.32. The molecule has 0 spiro atoms. The second-order valence-electron chi connectivity index (χ2n) is 6.46. The Balaban J connectivity index is 1.74. The summed E-state index contributed by atoms with van der Waals surface area (Å²) in [6, 6.07) is 6.12. The molecule has 1 fully saturated rings. The van der Waals surface area contributed by atoms with E-state index < -0.39 is 0 Å². The molecule has 2 unspecified atom stereocenters. The van der Waals surface area contributed by atoms with Gasteiger partial charge in [-0.3, -0.25) is 9.89 Å². The fraction of sp³-hybridized carbons (Fsp3) is 0.706. The number of guanidine groups is 1. The lowest BCUT2D eigenvalue weighted by Gasteiger charge is -2.26. The van der Waals surface area contributed by atoms with E-state index in [2.05, 4.69) is 60.5 Å². The summed E-state index contributed by atoms with van der Waals surface area (Å²) >= 11 is 1.88. The molecular weight excluding hydrogens is 292 g/mol. The molecule has 124 valence electrons. The number of aryl methyl sites for hydroxylation is 1. The molecule has 1 aliphatic carbocycles. The van der Waals surface area contributed by atoms with Gasteiger partial charge < -0.3 is 10.6 Å². The SMILES string of the molecule is CN=C(NCC(C)N(C)C1CC1)NC(C)Cc1ccc(C)s1. The number of likely N-dealkylation sites (N-methyl/N-ethyl adjacent to an activating group) is 1. The summed E-state index contributed by atoms with van der Waals surface area (Å²) in [7, 11) is 4.06. The van der Waals surface area contributed by atoms with Crippen molar-refractivity contribution in [2.24, 2.45) is 4.99 Å². The Morgan fingerprint density at radius 1 is 1.41 bits per heavy atom. The lowest BCUT2D eigenvalue weighted by Crippen LogP contribution is -2.48. The Hall–Kier alpha value is -1.07. The number of nitrogens with zero attached hydrogens (tertiary/aromatic N) is 2. The number of rotatable bonds is 7. The van der Waals surface area contributed by atoms with Gasteiger partial charge >= 0.3 is 0 Å².